The van der Waals surface area contributed by atoms with E-state index >= 15 is 0 Å². The first-order chi connectivity index (χ1) is 7.63. The van der Waals surface area contributed by atoms with Gasteiger partial charge in [0.2, 0.25) is 5.91 Å². The molecule has 5 nitrogen and oxygen atoms in total. The molecule has 4 rings (SSSR count). The first kappa shape index (κ1) is 9.33. The fraction of sp³-hybridized carbons (Fsp3) is 0.364. The van der Waals surface area contributed by atoms with E-state index in [1.165, 1.54) is 10.6 Å². The van der Waals surface area contributed by atoms with E-state index in [4.69, 9.17) is 0 Å². The van der Waals surface area contributed by atoms with Gasteiger partial charge in [0.15, 0.2) is 0 Å². The van der Waals surface area contributed by atoms with Crippen LogP contribution in [0.1, 0.15) is 12.8 Å². The van der Waals surface area contributed by atoms with Gasteiger partial charge < -0.3 is 4.57 Å². The molecule has 1 N–H and O–H groups in total. The Morgan fingerprint density at radius 1 is 1.25 bits per heavy atom. The van der Waals surface area contributed by atoms with Gasteiger partial charge in [0, 0.05) is 18.2 Å². The third kappa shape index (κ3) is 0.973. The Morgan fingerprint density at radius 3 is 2.62 bits per heavy atom. The molecule has 1 saturated carbocycles. The second-order valence-corrected chi connectivity index (χ2v) is 4.36. The average molecular weight is 218 g/mol. The number of piperidine rings is 2. The SMILES string of the molecule is O=C1NC(=O)C2(n3ccccc3=O)CC1C2. The Balaban J connectivity index is 2.09. The number of carbonyl (C=O) groups is 2. The molecule has 2 aliphatic heterocycles. The Hall–Kier alpha value is -1.91. The number of hydrogen-bond donors (Lipinski definition) is 1. The molecule has 0 aromatic carbocycles. The van der Waals surface area contributed by atoms with E-state index in [0.29, 0.717) is 12.8 Å². The molecule has 82 valence electrons. The second-order valence-electron chi connectivity index (χ2n) is 4.36. The minimum atomic E-state index is -0.822. The average Bonchev–Trinajstić information content (AvgIpc) is 2.17. The zero-order valence-electron chi connectivity index (χ0n) is 8.47. The third-order valence-electron chi connectivity index (χ3n) is 3.48. The quantitative estimate of drug-likeness (QED) is 0.653. The highest BCUT2D eigenvalue weighted by molar-refractivity contribution is 6.05. The maximum absolute atomic E-state index is 11.8. The Labute approximate surface area is 91.1 Å². The lowest BCUT2D eigenvalue weighted by Gasteiger charge is -2.50. The normalized spacial score (nSPS) is 31.9. The van der Waals surface area contributed by atoms with E-state index in [2.05, 4.69) is 5.32 Å². The minimum Gasteiger partial charge on any atom is -0.300 e. The van der Waals surface area contributed by atoms with Crippen LogP contribution in [0.4, 0.5) is 0 Å². The Bertz CT molecular complexity index is 540. The Morgan fingerprint density at radius 2 is 2.00 bits per heavy atom. The van der Waals surface area contributed by atoms with Crippen molar-refractivity contribution in [2.45, 2.75) is 18.4 Å². The summed E-state index contributed by atoms with van der Waals surface area (Å²) in [5, 5.41) is 2.31. The molecular weight excluding hydrogens is 208 g/mol. The minimum absolute atomic E-state index is 0.121. The number of amides is 2. The first-order valence-corrected chi connectivity index (χ1v) is 5.17. The van der Waals surface area contributed by atoms with E-state index < -0.39 is 5.54 Å². The van der Waals surface area contributed by atoms with Gasteiger partial charge in [0.05, 0.1) is 0 Å². The summed E-state index contributed by atoms with van der Waals surface area (Å²) in [5.41, 5.74) is -1.03. The number of rotatable bonds is 1. The maximum Gasteiger partial charge on any atom is 0.252 e. The predicted molar refractivity (Wildman–Crippen MR) is 54.5 cm³/mol. The monoisotopic (exact) mass is 218 g/mol. The summed E-state index contributed by atoms with van der Waals surface area (Å²) >= 11 is 0. The largest absolute Gasteiger partial charge is 0.300 e. The lowest BCUT2D eigenvalue weighted by Crippen LogP contribution is -2.68. The van der Waals surface area contributed by atoms with Gasteiger partial charge in [0.1, 0.15) is 5.54 Å². The number of aromatic nitrogens is 1. The smallest absolute Gasteiger partial charge is 0.252 e. The van der Waals surface area contributed by atoms with Gasteiger partial charge >= 0.3 is 0 Å². The van der Waals surface area contributed by atoms with Crippen LogP contribution in [0.2, 0.25) is 0 Å². The van der Waals surface area contributed by atoms with Crippen molar-refractivity contribution in [1.29, 1.82) is 0 Å². The van der Waals surface area contributed by atoms with Gasteiger partial charge in [0.25, 0.3) is 11.5 Å². The van der Waals surface area contributed by atoms with Crippen LogP contribution in [-0.2, 0) is 15.1 Å². The lowest BCUT2D eigenvalue weighted by molar-refractivity contribution is -0.157. The number of imide groups is 1. The highest BCUT2D eigenvalue weighted by Crippen LogP contribution is 2.46. The van der Waals surface area contributed by atoms with Crippen molar-refractivity contribution < 1.29 is 9.59 Å². The molecule has 0 radical (unpaired) electrons. The van der Waals surface area contributed by atoms with Gasteiger partial charge in [-0.3, -0.25) is 19.7 Å². The summed E-state index contributed by atoms with van der Waals surface area (Å²) in [6, 6.07) is 4.77. The molecule has 1 aromatic rings. The topological polar surface area (TPSA) is 68.2 Å². The molecule has 3 heterocycles. The van der Waals surface area contributed by atoms with Crippen LogP contribution in [0.3, 0.4) is 0 Å². The summed E-state index contributed by atoms with van der Waals surface area (Å²) in [5.74, 6) is -0.686. The molecule has 1 aliphatic carbocycles. The molecule has 3 fully saturated rings. The van der Waals surface area contributed by atoms with Crippen molar-refractivity contribution in [2.24, 2.45) is 5.92 Å². The molecule has 1 aromatic heterocycles. The van der Waals surface area contributed by atoms with E-state index in [1.807, 2.05) is 0 Å². The van der Waals surface area contributed by atoms with E-state index in [-0.39, 0.29) is 23.3 Å². The van der Waals surface area contributed by atoms with E-state index in [0.717, 1.165) is 0 Å². The molecule has 2 amide bonds. The van der Waals surface area contributed by atoms with Crippen molar-refractivity contribution in [1.82, 2.24) is 9.88 Å². The highest BCUT2D eigenvalue weighted by Gasteiger charge is 2.59. The summed E-state index contributed by atoms with van der Waals surface area (Å²) < 4.78 is 1.44. The van der Waals surface area contributed by atoms with Crippen LogP contribution in [0, 0.1) is 5.92 Å². The highest BCUT2D eigenvalue weighted by atomic mass is 16.2. The van der Waals surface area contributed by atoms with Crippen LogP contribution in [0.5, 0.6) is 0 Å². The summed E-state index contributed by atoms with van der Waals surface area (Å²) in [6.45, 7) is 0. The molecule has 0 atom stereocenters. The number of pyridine rings is 1. The van der Waals surface area contributed by atoms with Crippen LogP contribution in [0.15, 0.2) is 29.2 Å². The molecule has 5 heteroatoms. The number of fused-ring (bicyclic) bond motifs is 2. The van der Waals surface area contributed by atoms with Crippen molar-refractivity contribution in [3.8, 4) is 0 Å². The molecular formula is C11H10N2O3. The third-order valence-corrected chi connectivity index (χ3v) is 3.48. The number of hydrogen-bond acceptors (Lipinski definition) is 3. The van der Waals surface area contributed by atoms with Gasteiger partial charge in [-0.1, -0.05) is 6.07 Å². The fourth-order valence-electron chi connectivity index (χ4n) is 2.54. The fourth-order valence-corrected chi connectivity index (χ4v) is 2.54. The molecule has 2 saturated heterocycles. The molecule has 16 heavy (non-hydrogen) atoms. The predicted octanol–water partition coefficient (Wildman–Crippen LogP) is -0.390. The molecule has 0 unspecified atom stereocenters. The van der Waals surface area contributed by atoms with Crippen molar-refractivity contribution in [3.05, 3.63) is 34.7 Å². The molecule has 2 bridgehead atoms. The zero-order valence-corrected chi connectivity index (χ0v) is 8.47. The summed E-state index contributed by atoms with van der Waals surface area (Å²) in [4.78, 5) is 34.8. The van der Waals surface area contributed by atoms with Crippen LogP contribution >= 0.6 is 0 Å². The summed E-state index contributed by atoms with van der Waals surface area (Å²) in [6.07, 6.45) is 2.50. The zero-order chi connectivity index (χ0) is 11.3. The van der Waals surface area contributed by atoms with Crippen LogP contribution in [0.25, 0.3) is 0 Å². The van der Waals surface area contributed by atoms with E-state index in [9.17, 15) is 14.4 Å². The van der Waals surface area contributed by atoms with Crippen molar-refractivity contribution >= 4 is 11.8 Å². The van der Waals surface area contributed by atoms with Crippen LogP contribution < -0.4 is 10.9 Å². The molecule has 3 aliphatic rings. The molecule has 0 spiro atoms. The van der Waals surface area contributed by atoms with Crippen LogP contribution in [-0.4, -0.2) is 16.4 Å². The Kier molecular flexibility index (Phi) is 1.64. The van der Waals surface area contributed by atoms with Crippen molar-refractivity contribution in [3.63, 3.8) is 0 Å². The van der Waals surface area contributed by atoms with E-state index in [1.54, 1.807) is 18.3 Å². The first-order valence-electron chi connectivity index (χ1n) is 5.17. The number of nitrogens with one attached hydrogen (secondary N) is 1. The number of nitrogens with zero attached hydrogens (tertiary/aromatic N) is 1. The van der Waals surface area contributed by atoms with Gasteiger partial charge in [-0.05, 0) is 18.9 Å². The lowest BCUT2D eigenvalue weighted by atomic mass is 9.64. The maximum atomic E-state index is 11.8. The van der Waals surface area contributed by atoms with Crippen molar-refractivity contribution in [2.75, 3.05) is 0 Å². The van der Waals surface area contributed by atoms with Gasteiger partial charge in [-0.2, -0.15) is 0 Å². The summed E-state index contributed by atoms with van der Waals surface area (Å²) in [7, 11) is 0. The second kappa shape index (κ2) is 2.81. The van der Waals surface area contributed by atoms with Gasteiger partial charge in [-0.25, -0.2) is 0 Å². The standard InChI is InChI=1S/C11H10N2O3/c14-8-3-1-2-4-13(8)11-5-7(6-11)9(15)12-10(11)16/h1-4,7H,5-6H2,(H,12,15,16). The van der Waals surface area contributed by atoms with Gasteiger partial charge in [-0.15, -0.1) is 0 Å². The number of carbonyl (C=O) groups excluding carboxylic acids is 2.